The molecule has 0 spiro atoms. The third-order valence-electron chi connectivity index (χ3n) is 8.00. The molecule has 1 aromatic rings. The molecule has 0 unspecified atom stereocenters. The summed E-state index contributed by atoms with van der Waals surface area (Å²) in [4.78, 5) is 105. The summed E-state index contributed by atoms with van der Waals surface area (Å²) < 4.78 is 0. The molecule has 1 aromatic carbocycles. The lowest BCUT2D eigenvalue weighted by molar-refractivity contribution is -0.141. The fourth-order valence-electron chi connectivity index (χ4n) is 5.14. The number of rotatable bonds is 25. The predicted molar refractivity (Wildman–Crippen MR) is 199 cm³/mol. The fraction of sp³-hybridized carbons (Fsp3) is 0.514. The van der Waals surface area contributed by atoms with Crippen molar-refractivity contribution in [1.82, 2.24) is 26.6 Å². The van der Waals surface area contributed by atoms with E-state index in [4.69, 9.17) is 22.9 Å². The fourth-order valence-corrected chi connectivity index (χ4v) is 5.14. The van der Waals surface area contributed by atoms with Crippen molar-refractivity contribution in [3.63, 3.8) is 0 Å². The Hall–Kier alpha value is -5.85. The number of primary amides is 1. The van der Waals surface area contributed by atoms with Crippen molar-refractivity contribution in [2.24, 2.45) is 33.8 Å². The summed E-state index contributed by atoms with van der Waals surface area (Å²) in [7, 11) is 0. The summed E-state index contributed by atoms with van der Waals surface area (Å²) >= 11 is 0. The van der Waals surface area contributed by atoms with Gasteiger partial charge in [-0.3, -0.25) is 43.3 Å². The Balaban J connectivity index is 3.20. The summed E-state index contributed by atoms with van der Waals surface area (Å²) in [5.74, 6) is -7.34. The zero-order chi connectivity index (χ0) is 41.0. The highest BCUT2D eigenvalue weighted by molar-refractivity contribution is 6.04. The van der Waals surface area contributed by atoms with Gasteiger partial charge in [0.25, 0.3) is 0 Å². The molecular formula is C35H54N10O9. The Bertz CT molecular complexity index is 1530. The average molecular weight is 759 g/mol. The number of carbonyl (C=O) groups is 8. The number of aliphatic carboxylic acids is 1. The predicted octanol–water partition coefficient (Wildman–Crippen LogP) is -2.16. The Kier molecular flexibility index (Phi) is 20.2. The molecule has 19 nitrogen and oxygen atoms in total. The van der Waals surface area contributed by atoms with Gasteiger partial charge in [-0.05, 0) is 56.2 Å². The van der Waals surface area contributed by atoms with Crippen molar-refractivity contribution in [1.29, 1.82) is 0 Å². The van der Waals surface area contributed by atoms with Crippen LogP contribution in [0.1, 0.15) is 75.2 Å². The van der Waals surface area contributed by atoms with Crippen LogP contribution in [0, 0.1) is 5.92 Å². The minimum Gasteiger partial charge on any atom is -0.481 e. The number of hydrogen-bond acceptors (Lipinski definition) is 10. The highest BCUT2D eigenvalue weighted by Crippen LogP contribution is 2.11. The van der Waals surface area contributed by atoms with Crippen LogP contribution in [0.15, 0.2) is 41.9 Å². The van der Waals surface area contributed by atoms with E-state index in [9.17, 15) is 43.5 Å². The van der Waals surface area contributed by atoms with Gasteiger partial charge in [0, 0.05) is 25.5 Å². The normalized spacial score (nSPS) is 13.5. The third-order valence-corrected chi connectivity index (χ3v) is 8.00. The van der Waals surface area contributed by atoms with Crippen molar-refractivity contribution in [2.45, 2.75) is 95.9 Å². The Morgan fingerprint density at radius 3 is 1.80 bits per heavy atom. The first-order valence-electron chi connectivity index (χ1n) is 17.4. The van der Waals surface area contributed by atoms with Crippen LogP contribution in [0.5, 0.6) is 0 Å². The number of unbranched alkanes of at least 4 members (excludes halogenated alkanes) is 1. The zero-order valence-corrected chi connectivity index (χ0v) is 30.9. The Morgan fingerprint density at radius 1 is 0.759 bits per heavy atom. The maximum atomic E-state index is 13.6. The molecular weight excluding hydrogens is 704 g/mol. The summed E-state index contributed by atoms with van der Waals surface area (Å²) in [6.45, 7) is 8.29. The standard InChI is InChI=1S/C35H54N10O9/c1-5-27(47)22-13-11-21(12-14-22)17-25(30(37)50)43-34(54)29(19(2)3)45-33(53)26(18-28(48)49)44-32(52)24(9-6-7-15-36)42-31(51)23(41-20(4)46)10-8-16-40-35(38)39/h5,11-14,19,23-26,29H,1,6-10,15-18,36H2,2-4H3,(H2,37,50)(H,41,46)(H,42,51)(H,43,54)(H,44,52)(H,45,53)(H,48,49)(H4,38,39,40)/t23-,24-,25-,26-,29-/m0/s1. The minimum absolute atomic E-state index is 0.0452. The van der Waals surface area contributed by atoms with Crippen molar-refractivity contribution >= 4 is 53.2 Å². The summed E-state index contributed by atoms with van der Waals surface area (Å²) in [5.41, 5.74) is 22.8. The van der Waals surface area contributed by atoms with E-state index in [0.29, 0.717) is 30.4 Å². The van der Waals surface area contributed by atoms with Crippen molar-refractivity contribution in [3.8, 4) is 0 Å². The van der Waals surface area contributed by atoms with Gasteiger partial charge in [0.05, 0.1) is 6.42 Å². The number of benzene rings is 1. The van der Waals surface area contributed by atoms with Crippen LogP contribution in [-0.4, -0.2) is 102 Å². The van der Waals surface area contributed by atoms with Crippen LogP contribution in [-0.2, 0) is 40.0 Å². The van der Waals surface area contributed by atoms with Gasteiger partial charge in [0.15, 0.2) is 11.7 Å². The Labute approximate surface area is 313 Å². The van der Waals surface area contributed by atoms with Gasteiger partial charge in [-0.15, -0.1) is 0 Å². The van der Waals surface area contributed by atoms with Crippen molar-refractivity contribution < 1.29 is 43.5 Å². The molecule has 6 amide bonds. The minimum atomic E-state index is -1.70. The number of carboxylic acid groups (broad SMARTS) is 1. The highest BCUT2D eigenvalue weighted by atomic mass is 16.4. The van der Waals surface area contributed by atoms with Gasteiger partial charge in [-0.25, -0.2) is 0 Å². The molecule has 0 fully saturated rings. The van der Waals surface area contributed by atoms with Crippen LogP contribution in [0.25, 0.3) is 0 Å². The number of nitrogens with zero attached hydrogens (tertiary/aromatic N) is 1. The van der Waals surface area contributed by atoms with E-state index in [1.807, 2.05) is 0 Å². The van der Waals surface area contributed by atoms with Gasteiger partial charge in [-0.2, -0.15) is 0 Å². The number of carboxylic acids is 1. The lowest BCUT2D eigenvalue weighted by atomic mass is 9.99. The van der Waals surface area contributed by atoms with Crippen LogP contribution >= 0.6 is 0 Å². The maximum Gasteiger partial charge on any atom is 0.305 e. The number of nitrogens with two attached hydrogens (primary N) is 4. The van der Waals surface area contributed by atoms with Gasteiger partial charge >= 0.3 is 5.97 Å². The number of ketones is 1. The number of aliphatic imine (C=N–C) groups is 1. The van der Waals surface area contributed by atoms with Gasteiger partial charge in [-0.1, -0.05) is 44.7 Å². The first-order valence-corrected chi connectivity index (χ1v) is 17.4. The topological polar surface area (TPSA) is 333 Å². The number of guanidine groups is 1. The van der Waals surface area contributed by atoms with Crippen LogP contribution in [0.4, 0.5) is 0 Å². The van der Waals surface area contributed by atoms with Gasteiger partial charge in [0.1, 0.15) is 30.2 Å². The van der Waals surface area contributed by atoms with E-state index in [1.165, 1.54) is 19.1 Å². The van der Waals surface area contributed by atoms with Gasteiger partial charge < -0.3 is 54.6 Å². The molecule has 14 N–H and O–H groups in total. The number of hydrogen-bond donors (Lipinski definition) is 10. The van der Waals surface area contributed by atoms with Crippen molar-refractivity contribution in [2.75, 3.05) is 13.1 Å². The molecule has 0 aliphatic carbocycles. The van der Waals surface area contributed by atoms with Crippen LogP contribution in [0.3, 0.4) is 0 Å². The summed E-state index contributed by atoms with van der Waals surface area (Å²) in [5, 5.41) is 22.0. The molecule has 5 atom stereocenters. The van der Waals surface area contributed by atoms with E-state index >= 15 is 0 Å². The smallest absolute Gasteiger partial charge is 0.305 e. The second kappa shape index (κ2) is 23.7. The molecule has 54 heavy (non-hydrogen) atoms. The molecule has 1 rings (SSSR count). The Morgan fingerprint density at radius 2 is 1.30 bits per heavy atom. The lowest BCUT2D eigenvalue weighted by Crippen LogP contribution is -2.60. The molecule has 0 aromatic heterocycles. The molecule has 19 heteroatoms. The monoisotopic (exact) mass is 758 g/mol. The number of nitrogens with one attached hydrogen (secondary N) is 5. The van der Waals surface area contributed by atoms with E-state index in [-0.39, 0.29) is 44.1 Å². The molecule has 298 valence electrons. The van der Waals surface area contributed by atoms with Crippen molar-refractivity contribution in [3.05, 3.63) is 48.0 Å². The van der Waals surface area contributed by atoms with E-state index < -0.39 is 84.0 Å². The molecule has 0 saturated heterocycles. The average Bonchev–Trinajstić information content (AvgIpc) is 3.09. The number of allylic oxidation sites excluding steroid dienone is 1. The highest BCUT2D eigenvalue weighted by Gasteiger charge is 2.34. The molecule has 0 aliphatic heterocycles. The molecule has 0 aliphatic rings. The molecule has 0 heterocycles. The summed E-state index contributed by atoms with van der Waals surface area (Å²) in [6, 6.07) is -0.357. The second-order valence-corrected chi connectivity index (χ2v) is 12.9. The van der Waals surface area contributed by atoms with Crippen LogP contribution in [0.2, 0.25) is 0 Å². The van der Waals surface area contributed by atoms with E-state index in [2.05, 4.69) is 38.2 Å². The molecule has 0 saturated carbocycles. The SMILES string of the molecule is C=CC(=O)c1ccc(C[C@H](NC(=O)[C@@H](NC(=O)[C@H](CC(=O)O)NC(=O)[C@H](CCCCN)NC(=O)[C@H](CCCN=C(N)N)NC(C)=O)C(C)C)C(N)=O)cc1. The first-order chi connectivity index (χ1) is 25.4. The second-order valence-electron chi connectivity index (χ2n) is 12.9. The molecule has 0 bridgehead atoms. The first kappa shape index (κ1) is 46.2. The van der Waals surface area contributed by atoms with E-state index in [1.54, 1.807) is 26.0 Å². The zero-order valence-electron chi connectivity index (χ0n) is 30.9. The van der Waals surface area contributed by atoms with E-state index in [0.717, 1.165) is 6.08 Å². The summed E-state index contributed by atoms with van der Waals surface area (Å²) in [6.07, 6.45) is 1.53. The largest absolute Gasteiger partial charge is 0.481 e. The number of amides is 6. The quantitative estimate of drug-likeness (QED) is 0.0168. The maximum absolute atomic E-state index is 13.6. The lowest BCUT2D eigenvalue weighted by Gasteiger charge is -2.28. The third kappa shape index (κ3) is 17.1. The number of carbonyl (C=O) groups excluding carboxylic acids is 7. The molecule has 0 radical (unpaired) electrons. The van der Waals surface area contributed by atoms with Crippen LogP contribution < -0.4 is 49.5 Å². The van der Waals surface area contributed by atoms with Gasteiger partial charge in [0.2, 0.25) is 35.4 Å².